The summed E-state index contributed by atoms with van der Waals surface area (Å²) in [5.41, 5.74) is 0. The molecule has 6 heteroatoms. The average molecular weight is 920 g/mol. The maximum atomic E-state index is 12.9. The van der Waals surface area contributed by atoms with E-state index in [-0.39, 0.29) is 31.1 Å². The van der Waals surface area contributed by atoms with E-state index < -0.39 is 6.10 Å². The number of carbonyl (C=O) groups is 3. The van der Waals surface area contributed by atoms with Crippen LogP contribution in [0.3, 0.4) is 0 Å². The molecule has 0 N–H and O–H groups in total. The minimum Gasteiger partial charge on any atom is -0.462 e. The van der Waals surface area contributed by atoms with Gasteiger partial charge >= 0.3 is 17.9 Å². The van der Waals surface area contributed by atoms with E-state index in [0.29, 0.717) is 19.3 Å². The summed E-state index contributed by atoms with van der Waals surface area (Å²) in [5, 5.41) is 0. The first-order chi connectivity index (χ1) is 31.6. The van der Waals surface area contributed by atoms with Gasteiger partial charge in [-0.05, 0) is 37.0 Å². The van der Waals surface area contributed by atoms with E-state index in [4.69, 9.17) is 14.2 Å². The zero-order chi connectivity index (χ0) is 47.7. The fraction of sp³-hybridized carbons (Fsp3) is 0.949. The molecule has 0 rings (SSSR count). The lowest BCUT2D eigenvalue weighted by Crippen LogP contribution is -2.30. The molecule has 65 heavy (non-hydrogen) atoms. The molecule has 0 saturated carbocycles. The van der Waals surface area contributed by atoms with E-state index in [2.05, 4.69) is 41.5 Å². The molecule has 0 aliphatic heterocycles. The van der Waals surface area contributed by atoms with Crippen molar-refractivity contribution in [3.63, 3.8) is 0 Å². The molecule has 0 spiro atoms. The van der Waals surface area contributed by atoms with Crippen LogP contribution in [-0.2, 0) is 28.6 Å². The summed E-state index contributed by atoms with van der Waals surface area (Å²) in [4.78, 5) is 38.1. The zero-order valence-electron chi connectivity index (χ0n) is 44.8. The van der Waals surface area contributed by atoms with E-state index in [9.17, 15) is 14.4 Å². The molecule has 386 valence electrons. The van der Waals surface area contributed by atoms with Crippen molar-refractivity contribution in [3.05, 3.63) is 0 Å². The Balaban J connectivity index is 4.29. The Morgan fingerprint density at radius 2 is 0.538 bits per heavy atom. The molecule has 0 aliphatic rings. The third-order valence-corrected chi connectivity index (χ3v) is 13.8. The molecule has 0 aromatic heterocycles. The van der Waals surface area contributed by atoms with Crippen molar-refractivity contribution in [1.29, 1.82) is 0 Å². The third-order valence-electron chi connectivity index (χ3n) is 13.8. The molecule has 0 aliphatic carbocycles. The van der Waals surface area contributed by atoms with Crippen LogP contribution >= 0.6 is 0 Å². The van der Waals surface area contributed by atoms with Crippen LogP contribution in [0.2, 0.25) is 0 Å². The number of esters is 3. The van der Waals surface area contributed by atoms with Crippen LogP contribution in [0.1, 0.15) is 324 Å². The SMILES string of the molecule is CCC(C)CCCCCCCCCCCCCCCCC(=O)O[C@@H](COC(=O)CCCCCCCCCCCCCCCCC(C)C)COC(=O)CCCCCCCCCCCC(C)C. The van der Waals surface area contributed by atoms with E-state index in [1.807, 2.05) is 0 Å². The highest BCUT2D eigenvalue weighted by Gasteiger charge is 2.19. The van der Waals surface area contributed by atoms with Gasteiger partial charge in [0.2, 0.25) is 0 Å². The quantitative estimate of drug-likeness (QED) is 0.0344. The fourth-order valence-corrected chi connectivity index (χ4v) is 8.97. The fourth-order valence-electron chi connectivity index (χ4n) is 8.97. The molecule has 0 heterocycles. The Kier molecular flexibility index (Phi) is 49.1. The van der Waals surface area contributed by atoms with E-state index in [1.165, 1.54) is 205 Å². The molecule has 2 atom stereocenters. The highest BCUT2D eigenvalue weighted by molar-refractivity contribution is 5.71. The average Bonchev–Trinajstić information content (AvgIpc) is 3.28. The smallest absolute Gasteiger partial charge is 0.306 e. The van der Waals surface area contributed by atoms with E-state index in [0.717, 1.165) is 75.5 Å². The second-order valence-electron chi connectivity index (χ2n) is 21.5. The lowest BCUT2D eigenvalue weighted by atomic mass is 9.99. The maximum absolute atomic E-state index is 12.9. The van der Waals surface area contributed by atoms with Gasteiger partial charge in [0.1, 0.15) is 13.2 Å². The van der Waals surface area contributed by atoms with Crippen molar-refractivity contribution in [2.75, 3.05) is 13.2 Å². The number of unbranched alkanes of at least 4 members (excludes halogenated alkanes) is 34. The largest absolute Gasteiger partial charge is 0.462 e. The summed E-state index contributed by atoms with van der Waals surface area (Å²) >= 11 is 0. The molecular formula is C59H114O6. The molecular weight excluding hydrogens is 805 g/mol. The Hall–Kier alpha value is -1.59. The minimum atomic E-state index is -0.764. The molecule has 0 saturated heterocycles. The van der Waals surface area contributed by atoms with Gasteiger partial charge in [-0.2, -0.15) is 0 Å². The van der Waals surface area contributed by atoms with Crippen molar-refractivity contribution in [1.82, 2.24) is 0 Å². The van der Waals surface area contributed by atoms with Crippen LogP contribution in [-0.4, -0.2) is 37.2 Å². The van der Waals surface area contributed by atoms with Crippen LogP contribution in [0.4, 0.5) is 0 Å². The Morgan fingerprint density at radius 3 is 0.800 bits per heavy atom. The van der Waals surface area contributed by atoms with Crippen molar-refractivity contribution < 1.29 is 28.6 Å². The number of rotatable bonds is 52. The molecule has 0 fully saturated rings. The van der Waals surface area contributed by atoms with Crippen LogP contribution in [0.5, 0.6) is 0 Å². The van der Waals surface area contributed by atoms with Gasteiger partial charge in [-0.3, -0.25) is 14.4 Å². The van der Waals surface area contributed by atoms with Crippen molar-refractivity contribution in [2.45, 2.75) is 330 Å². The molecule has 0 radical (unpaired) electrons. The number of hydrogen-bond acceptors (Lipinski definition) is 6. The first kappa shape index (κ1) is 63.4. The Morgan fingerprint density at radius 1 is 0.308 bits per heavy atom. The van der Waals surface area contributed by atoms with Crippen LogP contribution < -0.4 is 0 Å². The molecule has 0 aromatic carbocycles. The first-order valence-electron chi connectivity index (χ1n) is 29.1. The molecule has 0 aromatic rings. The molecule has 6 nitrogen and oxygen atoms in total. The lowest BCUT2D eigenvalue weighted by Gasteiger charge is -2.18. The van der Waals surface area contributed by atoms with Gasteiger partial charge in [-0.1, -0.05) is 286 Å². The standard InChI is InChI=1S/C59H114O6/c1-7-55(6)47-41-35-29-23-17-13-9-11-15-19-25-32-38-44-50-59(62)65-56(52-64-58(61)49-43-37-31-26-20-22-28-34-40-46-54(4)5)51-63-57(60)48-42-36-30-24-18-14-10-8-12-16-21-27-33-39-45-53(2)3/h53-56H,7-52H2,1-6H3/t55?,56-/m0/s1. The number of ether oxygens (including phenoxy) is 3. The molecule has 0 bridgehead atoms. The number of carbonyl (C=O) groups excluding carboxylic acids is 3. The van der Waals surface area contributed by atoms with Gasteiger partial charge in [-0.25, -0.2) is 0 Å². The van der Waals surface area contributed by atoms with Gasteiger partial charge in [0.15, 0.2) is 6.10 Å². The van der Waals surface area contributed by atoms with Crippen LogP contribution in [0, 0.1) is 17.8 Å². The third kappa shape index (κ3) is 51.6. The summed E-state index contributed by atoms with van der Waals surface area (Å²) in [6.45, 7) is 13.8. The van der Waals surface area contributed by atoms with Crippen LogP contribution in [0.25, 0.3) is 0 Å². The van der Waals surface area contributed by atoms with E-state index in [1.54, 1.807) is 0 Å². The van der Waals surface area contributed by atoms with Gasteiger partial charge in [0.05, 0.1) is 0 Å². The summed E-state index contributed by atoms with van der Waals surface area (Å²) in [6, 6.07) is 0. The second-order valence-corrected chi connectivity index (χ2v) is 21.5. The van der Waals surface area contributed by atoms with Gasteiger partial charge in [0.25, 0.3) is 0 Å². The van der Waals surface area contributed by atoms with Gasteiger partial charge in [-0.15, -0.1) is 0 Å². The Bertz CT molecular complexity index is 1010. The molecule has 1 unspecified atom stereocenters. The summed E-state index contributed by atoms with van der Waals surface area (Å²) in [6.07, 6.45) is 52.3. The van der Waals surface area contributed by atoms with Crippen molar-refractivity contribution in [2.24, 2.45) is 17.8 Å². The van der Waals surface area contributed by atoms with Gasteiger partial charge in [0, 0.05) is 19.3 Å². The normalized spacial score (nSPS) is 12.6. The molecule has 0 amide bonds. The van der Waals surface area contributed by atoms with Crippen LogP contribution in [0.15, 0.2) is 0 Å². The summed E-state index contributed by atoms with van der Waals surface area (Å²) in [7, 11) is 0. The highest BCUT2D eigenvalue weighted by atomic mass is 16.6. The minimum absolute atomic E-state index is 0.0636. The predicted molar refractivity (Wildman–Crippen MR) is 279 cm³/mol. The van der Waals surface area contributed by atoms with E-state index >= 15 is 0 Å². The lowest BCUT2D eigenvalue weighted by molar-refractivity contribution is -0.167. The Labute approximate surface area is 406 Å². The topological polar surface area (TPSA) is 78.9 Å². The van der Waals surface area contributed by atoms with Gasteiger partial charge < -0.3 is 14.2 Å². The summed E-state index contributed by atoms with van der Waals surface area (Å²) < 4.78 is 16.9. The number of hydrogen-bond donors (Lipinski definition) is 0. The zero-order valence-corrected chi connectivity index (χ0v) is 44.8. The first-order valence-corrected chi connectivity index (χ1v) is 29.1. The highest BCUT2D eigenvalue weighted by Crippen LogP contribution is 2.19. The summed E-state index contributed by atoms with van der Waals surface area (Å²) in [5.74, 6) is 1.70. The maximum Gasteiger partial charge on any atom is 0.306 e. The van der Waals surface area contributed by atoms with Crippen molar-refractivity contribution in [3.8, 4) is 0 Å². The second kappa shape index (κ2) is 50.3. The monoisotopic (exact) mass is 919 g/mol. The predicted octanol–water partition coefficient (Wildman–Crippen LogP) is 19.1. The van der Waals surface area contributed by atoms with Crippen molar-refractivity contribution >= 4 is 17.9 Å².